The summed E-state index contributed by atoms with van der Waals surface area (Å²) in [6.07, 6.45) is 3.17. The third-order valence-electron chi connectivity index (χ3n) is 3.81. The second-order valence-electron chi connectivity index (χ2n) is 5.96. The van der Waals surface area contributed by atoms with Gasteiger partial charge in [0.2, 0.25) is 5.91 Å². The maximum Gasteiger partial charge on any atom is 0.228 e. The summed E-state index contributed by atoms with van der Waals surface area (Å²) in [6, 6.07) is 0.212. The Hall–Kier alpha value is -1.47. The lowest BCUT2D eigenvalue weighted by atomic mass is 10.0. The Morgan fingerprint density at radius 1 is 1.38 bits per heavy atom. The fraction of sp³-hybridized carbons (Fsp3) is 0.786. The van der Waals surface area contributed by atoms with Gasteiger partial charge >= 0.3 is 0 Å². The first-order valence-corrected chi connectivity index (χ1v) is 7.42. The van der Waals surface area contributed by atoms with Gasteiger partial charge in [0.15, 0.2) is 0 Å². The van der Waals surface area contributed by atoms with Crippen LogP contribution in [-0.4, -0.2) is 61.3 Å². The van der Waals surface area contributed by atoms with Crippen LogP contribution in [0.4, 0.5) is 0 Å². The van der Waals surface area contributed by atoms with E-state index in [0.29, 0.717) is 19.0 Å². The molecule has 4 N–H and O–H groups in total. The van der Waals surface area contributed by atoms with Gasteiger partial charge in [-0.05, 0) is 18.8 Å². The van der Waals surface area contributed by atoms with Crippen molar-refractivity contribution in [2.45, 2.75) is 32.7 Å². The van der Waals surface area contributed by atoms with Crippen LogP contribution >= 0.6 is 0 Å². The van der Waals surface area contributed by atoms with Gasteiger partial charge in [0, 0.05) is 32.6 Å². The van der Waals surface area contributed by atoms with Crippen molar-refractivity contribution in [1.82, 2.24) is 20.7 Å². The van der Waals surface area contributed by atoms with E-state index in [1.54, 1.807) is 5.01 Å². The van der Waals surface area contributed by atoms with Gasteiger partial charge in [-0.25, -0.2) is 5.01 Å². The third-order valence-corrected chi connectivity index (χ3v) is 3.81. The molecule has 1 fully saturated rings. The molecule has 0 aliphatic heterocycles. The fourth-order valence-electron chi connectivity index (χ4n) is 2.11. The van der Waals surface area contributed by atoms with E-state index in [4.69, 9.17) is 10.8 Å². The molecule has 7 heteroatoms. The van der Waals surface area contributed by atoms with Gasteiger partial charge in [-0.3, -0.25) is 20.6 Å². The Bertz CT molecular complexity index is 380. The van der Waals surface area contributed by atoms with Gasteiger partial charge in [-0.1, -0.05) is 13.8 Å². The lowest BCUT2D eigenvalue weighted by Gasteiger charge is -2.36. The average molecular weight is 296 g/mol. The number of nitrogens with one attached hydrogen (secondary N) is 4. The molecule has 0 bridgehead atoms. The highest BCUT2D eigenvalue weighted by molar-refractivity contribution is 5.99. The van der Waals surface area contributed by atoms with Crippen molar-refractivity contribution in [2.24, 2.45) is 11.8 Å². The standard InChI is InChI=1S/C14H28N6O/c1-10(2)12(20(4)19(3)9-15)7-17-8-13(16)18-14(21)11-5-6-11/h9-12,15,17H,5-8H2,1-4H3,(H2,16,18,21)/t12-/m1/s1. The van der Waals surface area contributed by atoms with E-state index >= 15 is 0 Å². The van der Waals surface area contributed by atoms with Crippen molar-refractivity contribution >= 4 is 18.1 Å². The summed E-state index contributed by atoms with van der Waals surface area (Å²) in [6.45, 7) is 5.29. The Labute approximate surface area is 127 Å². The maximum atomic E-state index is 11.5. The first kappa shape index (κ1) is 17.6. The van der Waals surface area contributed by atoms with Crippen molar-refractivity contribution in [3.05, 3.63) is 0 Å². The number of carbonyl (C=O) groups excluding carboxylic acids is 1. The van der Waals surface area contributed by atoms with Gasteiger partial charge in [-0.2, -0.15) is 0 Å². The largest absolute Gasteiger partial charge is 0.313 e. The molecular weight excluding hydrogens is 268 g/mol. The van der Waals surface area contributed by atoms with Crippen LogP contribution in [0.15, 0.2) is 0 Å². The number of rotatable bonds is 9. The molecule has 0 saturated heterocycles. The van der Waals surface area contributed by atoms with Crippen molar-refractivity contribution in [1.29, 1.82) is 10.8 Å². The number of carbonyl (C=O) groups is 1. The second kappa shape index (κ2) is 8.09. The van der Waals surface area contributed by atoms with E-state index in [2.05, 4.69) is 24.5 Å². The molecule has 7 nitrogen and oxygen atoms in total. The molecule has 0 aromatic carbocycles. The van der Waals surface area contributed by atoms with E-state index in [-0.39, 0.29) is 23.7 Å². The van der Waals surface area contributed by atoms with Crippen LogP contribution in [0.25, 0.3) is 0 Å². The molecule has 1 saturated carbocycles. The van der Waals surface area contributed by atoms with Gasteiger partial charge in [0.25, 0.3) is 0 Å². The smallest absolute Gasteiger partial charge is 0.228 e. The van der Waals surface area contributed by atoms with Gasteiger partial charge < -0.3 is 10.6 Å². The van der Waals surface area contributed by atoms with Crippen molar-refractivity contribution in [3.63, 3.8) is 0 Å². The molecule has 0 spiro atoms. The quantitative estimate of drug-likeness (QED) is 0.283. The molecule has 0 heterocycles. The lowest BCUT2D eigenvalue weighted by molar-refractivity contribution is -0.120. The highest BCUT2D eigenvalue weighted by Gasteiger charge is 2.30. The van der Waals surface area contributed by atoms with Gasteiger partial charge in [-0.15, -0.1) is 0 Å². The number of nitrogens with zero attached hydrogens (tertiary/aromatic N) is 2. The molecule has 0 aromatic rings. The van der Waals surface area contributed by atoms with Crippen LogP contribution in [-0.2, 0) is 4.79 Å². The number of amides is 1. The summed E-state index contributed by atoms with van der Waals surface area (Å²) in [5, 5.41) is 24.6. The van der Waals surface area contributed by atoms with E-state index in [0.717, 1.165) is 12.8 Å². The summed E-state index contributed by atoms with van der Waals surface area (Å²) in [4.78, 5) is 11.5. The normalized spacial score (nSPS) is 15.9. The fourth-order valence-corrected chi connectivity index (χ4v) is 2.11. The molecule has 1 aliphatic carbocycles. The molecule has 0 unspecified atom stereocenters. The zero-order valence-corrected chi connectivity index (χ0v) is 13.4. The Kier molecular flexibility index (Phi) is 6.77. The minimum atomic E-state index is -0.0251. The Morgan fingerprint density at radius 2 is 2.00 bits per heavy atom. The highest BCUT2D eigenvalue weighted by atomic mass is 16.2. The minimum Gasteiger partial charge on any atom is -0.313 e. The van der Waals surface area contributed by atoms with Crippen LogP contribution in [0.1, 0.15) is 26.7 Å². The zero-order chi connectivity index (χ0) is 16.0. The monoisotopic (exact) mass is 296 g/mol. The Balaban J connectivity index is 2.33. The SMILES string of the molecule is CC(C)[C@@H](CNCC(=N)NC(=O)C1CC1)N(C)N(C)C=N. The first-order valence-electron chi connectivity index (χ1n) is 7.42. The predicted octanol–water partition coefficient (Wildman–Crippen LogP) is 0.490. The second-order valence-corrected chi connectivity index (χ2v) is 5.96. The van der Waals surface area contributed by atoms with Gasteiger partial charge in [0.05, 0.1) is 12.9 Å². The molecule has 1 amide bonds. The van der Waals surface area contributed by atoms with Crippen molar-refractivity contribution in [2.75, 3.05) is 27.2 Å². The molecule has 1 aliphatic rings. The summed E-state index contributed by atoms with van der Waals surface area (Å²) in [5.41, 5.74) is 0. The average Bonchev–Trinajstić information content (AvgIpc) is 3.25. The lowest BCUT2D eigenvalue weighted by Crippen LogP contribution is -2.51. The van der Waals surface area contributed by atoms with Crippen LogP contribution in [0, 0.1) is 22.7 Å². The summed E-state index contributed by atoms with van der Waals surface area (Å²) in [7, 11) is 3.78. The molecule has 21 heavy (non-hydrogen) atoms. The zero-order valence-electron chi connectivity index (χ0n) is 13.4. The number of amidine groups is 1. The molecule has 0 aromatic heterocycles. The summed E-state index contributed by atoms with van der Waals surface area (Å²) >= 11 is 0. The molecule has 120 valence electrons. The number of hydrogen-bond donors (Lipinski definition) is 4. The minimum absolute atomic E-state index is 0.0251. The molecule has 0 radical (unpaired) electrons. The third kappa shape index (κ3) is 5.81. The maximum absolute atomic E-state index is 11.5. The van der Waals surface area contributed by atoms with Gasteiger partial charge in [0.1, 0.15) is 5.84 Å². The number of hydrazine groups is 1. The Morgan fingerprint density at radius 3 is 2.48 bits per heavy atom. The van der Waals surface area contributed by atoms with E-state index in [9.17, 15) is 4.79 Å². The summed E-state index contributed by atoms with van der Waals surface area (Å²) < 4.78 is 0. The van der Waals surface area contributed by atoms with Crippen molar-refractivity contribution < 1.29 is 4.79 Å². The van der Waals surface area contributed by atoms with Crippen LogP contribution in [0.2, 0.25) is 0 Å². The van der Waals surface area contributed by atoms with Crippen LogP contribution < -0.4 is 10.6 Å². The number of likely N-dealkylation sites (N-methyl/N-ethyl adjacent to an activating group) is 1. The van der Waals surface area contributed by atoms with Crippen LogP contribution in [0.5, 0.6) is 0 Å². The first-order chi connectivity index (χ1) is 9.86. The summed E-state index contributed by atoms with van der Waals surface area (Å²) in [5.74, 6) is 0.724. The predicted molar refractivity (Wildman–Crippen MR) is 84.4 cm³/mol. The van der Waals surface area contributed by atoms with E-state index in [1.165, 1.54) is 6.34 Å². The molecule has 1 rings (SSSR count). The van der Waals surface area contributed by atoms with E-state index in [1.807, 2.05) is 19.1 Å². The molecule has 1 atom stereocenters. The van der Waals surface area contributed by atoms with Crippen LogP contribution in [0.3, 0.4) is 0 Å². The highest BCUT2D eigenvalue weighted by Crippen LogP contribution is 2.28. The topological polar surface area (TPSA) is 95.3 Å². The number of hydrogen-bond acceptors (Lipinski definition) is 5. The van der Waals surface area contributed by atoms with E-state index < -0.39 is 0 Å². The van der Waals surface area contributed by atoms with Crippen molar-refractivity contribution in [3.8, 4) is 0 Å². The molecular formula is C14H28N6O.